The first-order chi connectivity index (χ1) is 9.67. The fourth-order valence-electron chi connectivity index (χ4n) is 1.78. The maximum Gasteiger partial charge on any atom is 0.251 e. The highest BCUT2D eigenvalue weighted by molar-refractivity contribution is 9.09. The number of carbonyl (C=O) groups excluding carboxylic acids is 1. The number of hydrogen-bond donors (Lipinski definition) is 1. The average Bonchev–Trinajstić information content (AvgIpc) is 2.49. The van der Waals surface area contributed by atoms with Crippen LogP contribution < -0.4 is 10.1 Å². The van der Waals surface area contributed by atoms with Crippen LogP contribution in [0.3, 0.4) is 0 Å². The molecular formula is C16H24BrNO2. The average molecular weight is 342 g/mol. The molecule has 0 fully saturated rings. The highest BCUT2D eigenvalue weighted by atomic mass is 79.9. The van der Waals surface area contributed by atoms with Crippen molar-refractivity contribution in [3.05, 3.63) is 29.8 Å². The molecule has 0 saturated heterocycles. The van der Waals surface area contributed by atoms with Crippen LogP contribution in [-0.2, 0) is 0 Å². The van der Waals surface area contributed by atoms with Crippen LogP contribution in [0.2, 0.25) is 0 Å². The summed E-state index contributed by atoms with van der Waals surface area (Å²) in [5.41, 5.74) is 0.659. The summed E-state index contributed by atoms with van der Waals surface area (Å²) in [6.07, 6.45) is 3.08. The molecule has 1 aromatic carbocycles. The van der Waals surface area contributed by atoms with Crippen molar-refractivity contribution in [1.29, 1.82) is 0 Å². The summed E-state index contributed by atoms with van der Waals surface area (Å²) >= 11 is 3.46. The van der Waals surface area contributed by atoms with Crippen LogP contribution in [0.5, 0.6) is 5.75 Å². The fourth-order valence-corrected chi connectivity index (χ4v) is 2.10. The lowest BCUT2D eigenvalue weighted by atomic mass is 10.1. The Labute approximate surface area is 130 Å². The third kappa shape index (κ3) is 6.42. The van der Waals surface area contributed by atoms with Crippen molar-refractivity contribution < 1.29 is 9.53 Å². The van der Waals surface area contributed by atoms with Crippen molar-refractivity contribution in [2.75, 3.05) is 18.5 Å². The number of amides is 1. The molecule has 112 valence electrons. The molecule has 1 amide bonds. The van der Waals surface area contributed by atoms with Crippen molar-refractivity contribution in [3.8, 4) is 5.75 Å². The van der Waals surface area contributed by atoms with E-state index in [-0.39, 0.29) is 5.91 Å². The Morgan fingerprint density at radius 3 is 2.95 bits per heavy atom. The molecule has 0 saturated carbocycles. The number of benzene rings is 1. The minimum Gasteiger partial charge on any atom is -0.494 e. The van der Waals surface area contributed by atoms with Gasteiger partial charge in [-0.25, -0.2) is 0 Å². The monoisotopic (exact) mass is 341 g/mol. The summed E-state index contributed by atoms with van der Waals surface area (Å²) in [4.78, 5) is 12.0. The zero-order chi connectivity index (χ0) is 14.8. The number of hydrogen-bond acceptors (Lipinski definition) is 2. The molecule has 20 heavy (non-hydrogen) atoms. The van der Waals surface area contributed by atoms with E-state index in [1.165, 1.54) is 0 Å². The number of alkyl halides is 1. The van der Waals surface area contributed by atoms with Crippen LogP contribution in [-0.4, -0.2) is 24.4 Å². The molecule has 1 rings (SSSR count). The molecule has 0 aliphatic carbocycles. The predicted molar refractivity (Wildman–Crippen MR) is 86.8 cm³/mol. The Bertz CT molecular complexity index is 409. The quantitative estimate of drug-likeness (QED) is 0.544. The number of halogens is 1. The van der Waals surface area contributed by atoms with Gasteiger partial charge in [0.25, 0.3) is 5.91 Å². The Morgan fingerprint density at radius 1 is 1.45 bits per heavy atom. The van der Waals surface area contributed by atoms with Crippen molar-refractivity contribution >= 4 is 21.8 Å². The minimum absolute atomic E-state index is 0.0292. The molecule has 0 spiro atoms. The van der Waals surface area contributed by atoms with Crippen molar-refractivity contribution in [1.82, 2.24) is 5.32 Å². The first-order valence-electron chi connectivity index (χ1n) is 7.24. The maximum atomic E-state index is 12.0. The molecule has 1 aromatic rings. The summed E-state index contributed by atoms with van der Waals surface area (Å²) < 4.78 is 5.53. The fraction of sp³-hybridized carbons (Fsp3) is 0.562. The van der Waals surface area contributed by atoms with E-state index >= 15 is 0 Å². The maximum absolute atomic E-state index is 12.0. The third-order valence-corrected chi connectivity index (χ3v) is 4.10. The lowest BCUT2D eigenvalue weighted by molar-refractivity contribution is 0.0952. The van der Waals surface area contributed by atoms with Crippen molar-refractivity contribution in [3.63, 3.8) is 0 Å². The molecule has 0 aromatic heterocycles. The first-order valence-corrected chi connectivity index (χ1v) is 8.36. The second-order valence-electron chi connectivity index (χ2n) is 5.03. The lowest BCUT2D eigenvalue weighted by Gasteiger charge is -2.09. The number of rotatable bonds is 9. The van der Waals surface area contributed by atoms with Crippen molar-refractivity contribution in [2.45, 2.75) is 33.1 Å². The normalized spacial score (nSPS) is 11.9. The van der Waals surface area contributed by atoms with Gasteiger partial charge in [0, 0.05) is 17.4 Å². The molecule has 1 unspecified atom stereocenters. The molecular weight excluding hydrogens is 318 g/mol. The van der Waals surface area contributed by atoms with Crippen LogP contribution >= 0.6 is 15.9 Å². The van der Waals surface area contributed by atoms with E-state index in [0.717, 1.165) is 36.9 Å². The number of carbonyl (C=O) groups is 1. The van der Waals surface area contributed by atoms with E-state index in [1.807, 2.05) is 18.2 Å². The summed E-state index contributed by atoms with van der Waals surface area (Å²) in [6, 6.07) is 7.35. The van der Waals surface area contributed by atoms with Crippen LogP contribution in [0.15, 0.2) is 24.3 Å². The Hall–Kier alpha value is -1.03. The van der Waals surface area contributed by atoms with Crippen LogP contribution in [0.1, 0.15) is 43.5 Å². The van der Waals surface area contributed by atoms with Crippen LogP contribution in [0.4, 0.5) is 0 Å². The van der Waals surface area contributed by atoms with Gasteiger partial charge in [-0.05, 0) is 43.4 Å². The molecule has 0 bridgehead atoms. The summed E-state index contributed by atoms with van der Waals surface area (Å²) in [5, 5.41) is 3.96. The number of ether oxygens (including phenoxy) is 1. The zero-order valence-corrected chi connectivity index (χ0v) is 13.9. The van der Waals surface area contributed by atoms with Gasteiger partial charge in [-0.1, -0.05) is 35.8 Å². The molecule has 0 heterocycles. The van der Waals surface area contributed by atoms with E-state index in [2.05, 4.69) is 35.1 Å². The molecule has 1 atom stereocenters. The van der Waals surface area contributed by atoms with Gasteiger partial charge in [-0.2, -0.15) is 0 Å². The Morgan fingerprint density at radius 2 is 2.25 bits per heavy atom. The highest BCUT2D eigenvalue weighted by Crippen LogP contribution is 2.13. The molecule has 0 aliphatic rings. The highest BCUT2D eigenvalue weighted by Gasteiger charge is 2.06. The van der Waals surface area contributed by atoms with Gasteiger partial charge in [-0.3, -0.25) is 4.79 Å². The van der Waals surface area contributed by atoms with Gasteiger partial charge in [0.2, 0.25) is 0 Å². The van der Waals surface area contributed by atoms with Gasteiger partial charge < -0.3 is 10.1 Å². The molecule has 0 aliphatic heterocycles. The van der Waals surface area contributed by atoms with E-state index in [4.69, 9.17) is 4.74 Å². The van der Waals surface area contributed by atoms with Gasteiger partial charge in [-0.15, -0.1) is 0 Å². The van der Waals surface area contributed by atoms with E-state index in [9.17, 15) is 4.79 Å². The second kappa shape index (κ2) is 9.81. The largest absolute Gasteiger partial charge is 0.494 e. The Kier molecular flexibility index (Phi) is 8.35. The second-order valence-corrected chi connectivity index (χ2v) is 5.68. The molecule has 3 nitrogen and oxygen atoms in total. The SMILES string of the molecule is CCCOc1cccc(C(=O)NCCCC(C)CBr)c1. The molecule has 1 N–H and O–H groups in total. The third-order valence-electron chi connectivity index (χ3n) is 2.99. The zero-order valence-electron chi connectivity index (χ0n) is 12.3. The van der Waals surface area contributed by atoms with Crippen LogP contribution in [0, 0.1) is 5.92 Å². The Balaban J connectivity index is 2.39. The topological polar surface area (TPSA) is 38.3 Å². The van der Waals surface area contributed by atoms with Crippen molar-refractivity contribution in [2.24, 2.45) is 5.92 Å². The predicted octanol–water partition coefficient (Wildman–Crippen LogP) is 4.02. The molecule has 4 heteroatoms. The lowest BCUT2D eigenvalue weighted by Crippen LogP contribution is -2.24. The van der Waals surface area contributed by atoms with Gasteiger partial charge in [0.05, 0.1) is 6.61 Å². The summed E-state index contributed by atoms with van der Waals surface area (Å²) in [5.74, 6) is 1.38. The summed E-state index contributed by atoms with van der Waals surface area (Å²) in [7, 11) is 0. The first kappa shape index (κ1) is 17.0. The molecule has 0 radical (unpaired) electrons. The van der Waals surface area contributed by atoms with E-state index in [0.29, 0.717) is 18.1 Å². The minimum atomic E-state index is -0.0292. The van der Waals surface area contributed by atoms with Gasteiger partial charge in [0.15, 0.2) is 0 Å². The number of nitrogens with one attached hydrogen (secondary N) is 1. The van der Waals surface area contributed by atoms with Gasteiger partial charge in [0.1, 0.15) is 5.75 Å². The van der Waals surface area contributed by atoms with E-state index < -0.39 is 0 Å². The smallest absolute Gasteiger partial charge is 0.251 e. The standard InChI is InChI=1S/C16H24BrNO2/c1-3-10-20-15-8-4-7-14(11-15)16(19)18-9-5-6-13(2)12-17/h4,7-8,11,13H,3,5-6,9-10,12H2,1-2H3,(H,18,19). The van der Waals surface area contributed by atoms with E-state index in [1.54, 1.807) is 6.07 Å². The van der Waals surface area contributed by atoms with Gasteiger partial charge >= 0.3 is 0 Å². The summed E-state index contributed by atoms with van der Waals surface area (Å²) in [6.45, 7) is 5.65. The van der Waals surface area contributed by atoms with Crippen LogP contribution in [0.25, 0.3) is 0 Å².